The van der Waals surface area contributed by atoms with Gasteiger partial charge in [0.15, 0.2) is 0 Å². The van der Waals surface area contributed by atoms with Crippen LogP contribution in [-0.4, -0.2) is 71.5 Å². The molecule has 0 spiro atoms. The van der Waals surface area contributed by atoms with Gasteiger partial charge >= 0.3 is 12.1 Å². The summed E-state index contributed by atoms with van der Waals surface area (Å²) in [6, 6.07) is -0.329. The van der Waals surface area contributed by atoms with Crippen molar-refractivity contribution in [1.29, 1.82) is 0 Å². The Morgan fingerprint density at radius 3 is 2.35 bits per heavy atom. The molecule has 8 heteroatoms. The molecule has 20 heavy (non-hydrogen) atoms. The number of alkyl halides is 4. The third kappa shape index (κ3) is 3.22. The maximum absolute atomic E-state index is 13.4. The molecule has 1 amide bonds. The largest absolute Gasteiger partial charge is 0.471 e. The summed E-state index contributed by atoms with van der Waals surface area (Å²) in [4.78, 5) is 13.7. The average molecular weight is 298 g/mol. The van der Waals surface area contributed by atoms with Crippen LogP contribution < -0.4 is 0 Å². The van der Waals surface area contributed by atoms with Crippen LogP contribution in [0.2, 0.25) is 0 Å². The molecule has 2 rings (SSSR count). The SMILES string of the molecule is O=C(N1CCC(N2C[C@H](F)C[C@@H]2CO)CC1)C(F)(F)F. The van der Waals surface area contributed by atoms with Gasteiger partial charge in [-0.15, -0.1) is 0 Å². The van der Waals surface area contributed by atoms with Gasteiger partial charge in [-0.1, -0.05) is 0 Å². The van der Waals surface area contributed by atoms with Crippen LogP contribution in [0.25, 0.3) is 0 Å². The highest BCUT2D eigenvalue weighted by Crippen LogP contribution is 2.29. The maximum Gasteiger partial charge on any atom is 0.471 e. The van der Waals surface area contributed by atoms with E-state index in [9.17, 15) is 27.5 Å². The van der Waals surface area contributed by atoms with Gasteiger partial charge in [-0.05, 0) is 19.3 Å². The van der Waals surface area contributed by atoms with E-state index in [2.05, 4.69) is 0 Å². The minimum absolute atomic E-state index is 0.0224. The van der Waals surface area contributed by atoms with E-state index in [0.717, 1.165) is 4.90 Å². The molecule has 116 valence electrons. The molecule has 2 aliphatic heterocycles. The van der Waals surface area contributed by atoms with Gasteiger partial charge in [0.05, 0.1) is 6.61 Å². The van der Waals surface area contributed by atoms with Gasteiger partial charge < -0.3 is 10.0 Å². The van der Waals surface area contributed by atoms with Gasteiger partial charge in [0.25, 0.3) is 0 Å². The second-order valence-corrected chi connectivity index (χ2v) is 5.39. The molecule has 0 aromatic rings. The molecule has 2 saturated heterocycles. The summed E-state index contributed by atoms with van der Waals surface area (Å²) in [5, 5.41) is 9.21. The lowest BCUT2D eigenvalue weighted by Gasteiger charge is -2.38. The second kappa shape index (κ2) is 5.85. The van der Waals surface area contributed by atoms with E-state index in [1.54, 1.807) is 0 Å². The zero-order chi connectivity index (χ0) is 14.9. The van der Waals surface area contributed by atoms with Gasteiger partial charge in [0.2, 0.25) is 0 Å². The van der Waals surface area contributed by atoms with E-state index in [4.69, 9.17) is 0 Å². The van der Waals surface area contributed by atoms with Gasteiger partial charge in [-0.2, -0.15) is 13.2 Å². The molecule has 2 aliphatic rings. The normalized spacial score (nSPS) is 29.9. The van der Waals surface area contributed by atoms with E-state index in [1.165, 1.54) is 0 Å². The van der Waals surface area contributed by atoms with Gasteiger partial charge in [0.1, 0.15) is 6.17 Å². The number of hydrogen-bond acceptors (Lipinski definition) is 3. The molecule has 0 aromatic carbocycles. The molecule has 0 aliphatic carbocycles. The standard InChI is InChI=1S/C12H18F4N2O2/c13-8-5-10(7-19)18(6-8)9-1-3-17(4-2-9)11(20)12(14,15)16/h8-10,19H,1-7H2/t8-,10-/m1/s1. The quantitative estimate of drug-likeness (QED) is 0.772. The number of aliphatic hydroxyl groups is 1. The van der Waals surface area contributed by atoms with E-state index in [0.29, 0.717) is 12.8 Å². The van der Waals surface area contributed by atoms with Crippen molar-refractivity contribution in [2.75, 3.05) is 26.2 Å². The zero-order valence-corrected chi connectivity index (χ0v) is 10.9. The number of nitrogens with zero attached hydrogens (tertiary/aromatic N) is 2. The monoisotopic (exact) mass is 298 g/mol. The molecule has 2 atom stereocenters. The second-order valence-electron chi connectivity index (χ2n) is 5.39. The molecule has 1 N–H and O–H groups in total. The van der Waals surface area contributed by atoms with Crippen LogP contribution in [-0.2, 0) is 4.79 Å². The fraction of sp³-hybridized carbons (Fsp3) is 0.917. The van der Waals surface area contributed by atoms with E-state index in [-0.39, 0.29) is 44.7 Å². The predicted octanol–water partition coefficient (Wildman–Crippen LogP) is 0.944. The topological polar surface area (TPSA) is 43.8 Å². The minimum Gasteiger partial charge on any atom is -0.395 e. The van der Waals surface area contributed by atoms with Crippen LogP contribution in [0.4, 0.5) is 17.6 Å². The van der Waals surface area contributed by atoms with Crippen molar-refractivity contribution in [3.8, 4) is 0 Å². The Labute approximate surface area is 114 Å². The van der Waals surface area contributed by atoms with Crippen LogP contribution >= 0.6 is 0 Å². The molecular weight excluding hydrogens is 280 g/mol. The lowest BCUT2D eigenvalue weighted by atomic mass is 10.0. The smallest absolute Gasteiger partial charge is 0.395 e. The summed E-state index contributed by atoms with van der Waals surface area (Å²) in [6.45, 7) is 0.106. The van der Waals surface area contributed by atoms with Gasteiger partial charge in [-0.3, -0.25) is 9.69 Å². The summed E-state index contributed by atoms with van der Waals surface area (Å²) in [7, 11) is 0. The Balaban J connectivity index is 1.90. The molecule has 0 bridgehead atoms. The predicted molar refractivity (Wildman–Crippen MR) is 62.7 cm³/mol. The molecule has 2 heterocycles. The first-order valence-electron chi connectivity index (χ1n) is 6.69. The first kappa shape index (κ1) is 15.5. The number of amides is 1. The third-order valence-electron chi connectivity index (χ3n) is 4.08. The fourth-order valence-corrected chi connectivity index (χ4v) is 3.09. The lowest BCUT2D eigenvalue weighted by Crippen LogP contribution is -2.51. The Morgan fingerprint density at radius 2 is 1.85 bits per heavy atom. The fourth-order valence-electron chi connectivity index (χ4n) is 3.09. The van der Waals surface area contributed by atoms with Crippen molar-refractivity contribution in [3.63, 3.8) is 0 Å². The summed E-state index contributed by atoms with van der Waals surface area (Å²) >= 11 is 0. The van der Waals surface area contributed by atoms with Crippen molar-refractivity contribution in [2.45, 2.75) is 43.7 Å². The lowest BCUT2D eigenvalue weighted by molar-refractivity contribution is -0.186. The molecule has 4 nitrogen and oxygen atoms in total. The highest BCUT2D eigenvalue weighted by molar-refractivity contribution is 5.81. The van der Waals surface area contributed by atoms with E-state index >= 15 is 0 Å². The summed E-state index contributed by atoms with van der Waals surface area (Å²) in [5.41, 5.74) is 0. The highest BCUT2D eigenvalue weighted by Gasteiger charge is 2.44. The molecule has 0 unspecified atom stereocenters. The number of piperidine rings is 1. The number of hydrogen-bond donors (Lipinski definition) is 1. The third-order valence-corrected chi connectivity index (χ3v) is 4.08. The Hall–Kier alpha value is -0.890. The Kier molecular flexibility index (Phi) is 4.53. The summed E-state index contributed by atoms with van der Waals surface area (Å²) in [5.74, 6) is -1.81. The Bertz CT molecular complexity index is 356. The summed E-state index contributed by atoms with van der Waals surface area (Å²) < 4.78 is 50.3. The van der Waals surface area contributed by atoms with Crippen molar-refractivity contribution in [2.24, 2.45) is 0 Å². The van der Waals surface area contributed by atoms with Crippen LogP contribution in [0, 0.1) is 0 Å². The minimum atomic E-state index is -4.84. The van der Waals surface area contributed by atoms with Gasteiger partial charge in [-0.25, -0.2) is 4.39 Å². The Morgan fingerprint density at radius 1 is 1.25 bits per heavy atom. The zero-order valence-electron chi connectivity index (χ0n) is 10.9. The van der Waals surface area contributed by atoms with Crippen LogP contribution in [0.15, 0.2) is 0 Å². The molecule has 0 radical (unpaired) electrons. The first-order valence-corrected chi connectivity index (χ1v) is 6.69. The molecule has 0 aromatic heterocycles. The van der Waals surface area contributed by atoms with Crippen molar-refractivity contribution in [1.82, 2.24) is 9.80 Å². The van der Waals surface area contributed by atoms with Crippen molar-refractivity contribution in [3.05, 3.63) is 0 Å². The van der Waals surface area contributed by atoms with Crippen molar-refractivity contribution >= 4 is 5.91 Å². The van der Waals surface area contributed by atoms with Crippen LogP contribution in [0.5, 0.6) is 0 Å². The number of carbonyl (C=O) groups is 1. The van der Waals surface area contributed by atoms with Gasteiger partial charge in [0, 0.05) is 31.7 Å². The van der Waals surface area contributed by atoms with E-state index in [1.807, 2.05) is 4.90 Å². The van der Waals surface area contributed by atoms with Crippen LogP contribution in [0.3, 0.4) is 0 Å². The summed E-state index contributed by atoms with van der Waals surface area (Å²) in [6.07, 6.45) is -4.81. The van der Waals surface area contributed by atoms with Crippen LogP contribution in [0.1, 0.15) is 19.3 Å². The first-order chi connectivity index (χ1) is 9.32. The average Bonchev–Trinajstić information content (AvgIpc) is 2.78. The number of likely N-dealkylation sites (tertiary alicyclic amines) is 2. The number of aliphatic hydroxyl groups excluding tert-OH is 1. The molecule has 2 fully saturated rings. The number of halogens is 4. The van der Waals surface area contributed by atoms with Crippen molar-refractivity contribution < 1.29 is 27.5 Å². The number of carbonyl (C=O) groups excluding carboxylic acids is 1. The molecule has 0 saturated carbocycles. The molecular formula is C12H18F4N2O2. The highest BCUT2D eigenvalue weighted by atomic mass is 19.4. The maximum atomic E-state index is 13.4. The number of rotatable bonds is 2. The van der Waals surface area contributed by atoms with E-state index < -0.39 is 18.3 Å².